The Morgan fingerprint density at radius 2 is 1.64 bits per heavy atom. The maximum atomic E-state index is 5.33. The van der Waals surface area contributed by atoms with E-state index in [2.05, 4.69) is 25.9 Å². The zero-order valence-corrected chi connectivity index (χ0v) is 11.1. The van der Waals surface area contributed by atoms with Gasteiger partial charge in [0.25, 0.3) is 0 Å². The zero-order valence-electron chi connectivity index (χ0n) is 11.1. The second-order valence-electron chi connectivity index (χ2n) is 4.29. The third-order valence-corrected chi connectivity index (χ3v) is 1.47. The minimum absolute atomic E-state index is 0.171. The molecular formula is C12H27NO. The van der Waals surface area contributed by atoms with Gasteiger partial charge in [-0.05, 0) is 33.1 Å². The van der Waals surface area contributed by atoms with Crippen molar-refractivity contribution in [3.8, 4) is 0 Å². The van der Waals surface area contributed by atoms with Crippen LogP contribution in [0.25, 0.3) is 0 Å². The van der Waals surface area contributed by atoms with Gasteiger partial charge in [-0.3, -0.25) is 0 Å². The van der Waals surface area contributed by atoms with Gasteiger partial charge in [0.05, 0.1) is 5.71 Å². The molecule has 0 atom stereocenters. The topological polar surface area (TPSA) is 21.6 Å². The van der Waals surface area contributed by atoms with Crippen molar-refractivity contribution in [1.82, 2.24) is 0 Å². The molecule has 0 heterocycles. The summed E-state index contributed by atoms with van der Waals surface area (Å²) in [7, 11) is 0. The van der Waals surface area contributed by atoms with E-state index in [1.165, 1.54) is 0 Å². The molecule has 0 aromatic carbocycles. The lowest BCUT2D eigenvalue weighted by Gasteiger charge is -2.17. The first-order valence-electron chi connectivity index (χ1n) is 5.61. The average molecular weight is 201 g/mol. The predicted molar refractivity (Wildman–Crippen MR) is 64.8 cm³/mol. The third kappa shape index (κ3) is 9.56. The smallest absolute Gasteiger partial charge is 0.129 e. The third-order valence-electron chi connectivity index (χ3n) is 1.47. The van der Waals surface area contributed by atoms with Crippen molar-refractivity contribution in [1.29, 1.82) is 0 Å². The molecule has 0 spiro atoms. The largest absolute Gasteiger partial charge is 0.390 e. The van der Waals surface area contributed by atoms with Gasteiger partial charge in [0.1, 0.15) is 5.60 Å². The van der Waals surface area contributed by atoms with E-state index in [4.69, 9.17) is 4.84 Å². The molecule has 86 valence electrons. The number of nitrogens with zero attached hydrogens (tertiary/aromatic N) is 1. The fourth-order valence-electron chi connectivity index (χ4n) is 0.774. The minimum Gasteiger partial charge on any atom is -0.390 e. The van der Waals surface area contributed by atoms with Crippen molar-refractivity contribution in [2.45, 2.75) is 67.4 Å². The Morgan fingerprint density at radius 1 is 1.21 bits per heavy atom. The van der Waals surface area contributed by atoms with E-state index in [9.17, 15) is 0 Å². The summed E-state index contributed by atoms with van der Waals surface area (Å²) >= 11 is 0. The lowest BCUT2D eigenvalue weighted by molar-refractivity contribution is -0.000141. The maximum Gasteiger partial charge on any atom is 0.129 e. The van der Waals surface area contributed by atoms with Gasteiger partial charge in [0.15, 0.2) is 0 Å². The van der Waals surface area contributed by atoms with E-state index in [1.807, 2.05) is 34.6 Å². The highest BCUT2D eigenvalue weighted by atomic mass is 16.6. The fourth-order valence-corrected chi connectivity index (χ4v) is 0.774. The SMILES string of the molecule is CC.CC/C(=N\OC(C)(C)C)C(C)C. The molecule has 2 nitrogen and oxygen atoms in total. The van der Waals surface area contributed by atoms with E-state index in [-0.39, 0.29) is 5.60 Å². The first-order valence-corrected chi connectivity index (χ1v) is 5.61. The van der Waals surface area contributed by atoms with E-state index < -0.39 is 0 Å². The molecule has 0 amide bonds. The second-order valence-corrected chi connectivity index (χ2v) is 4.29. The van der Waals surface area contributed by atoms with Gasteiger partial charge in [0, 0.05) is 0 Å². The highest BCUT2D eigenvalue weighted by Crippen LogP contribution is 2.10. The molecule has 0 unspecified atom stereocenters. The summed E-state index contributed by atoms with van der Waals surface area (Å²) in [5.41, 5.74) is 0.958. The lowest BCUT2D eigenvalue weighted by Crippen LogP contribution is -2.18. The number of rotatable bonds is 3. The van der Waals surface area contributed by atoms with Crippen molar-refractivity contribution in [2.24, 2.45) is 11.1 Å². The number of hydrogen-bond acceptors (Lipinski definition) is 2. The van der Waals surface area contributed by atoms with Crippen LogP contribution in [0.3, 0.4) is 0 Å². The Morgan fingerprint density at radius 3 is 1.86 bits per heavy atom. The summed E-state index contributed by atoms with van der Waals surface area (Å²) in [5.74, 6) is 0.484. The molecule has 0 N–H and O–H groups in total. The molecule has 0 aromatic heterocycles. The summed E-state index contributed by atoms with van der Waals surface area (Å²) in [6, 6.07) is 0. The van der Waals surface area contributed by atoms with E-state index in [0.29, 0.717) is 5.92 Å². The Hall–Kier alpha value is -0.530. The van der Waals surface area contributed by atoms with E-state index in [1.54, 1.807) is 0 Å². The summed E-state index contributed by atoms with van der Waals surface area (Å²) in [4.78, 5) is 5.33. The van der Waals surface area contributed by atoms with Crippen LogP contribution in [0.1, 0.15) is 61.8 Å². The molecule has 0 bridgehead atoms. The van der Waals surface area contributed by atoms with Gasteiger partial charge in [-0.25, -0.2) is 0 Å². The van der Waals surface area contributed by atoms with Crippen LogP contribution in [0.4, 0.5) is 0 Å². The molecule has 0 saturated heterocycles. The Kier molecular flexibility index (Phi) is 8.91. The molecule has 0 aliphatic rings. The van der Waals surface area contributed by atoms with Gasteiger partial charge in [0.2, 0.25) is 0 Å². The predicted octanol–water partition coefficient (Wildman–Crippen LogP) is 4.25. The number of hydrogen-bond donors (Lipinski definition) is 0. The van der Waals surface area contributed by atoms with Crippen molar-refractivity contribution >= 4 is 5.71 Å². The van der Waals surface area contributed by atoms with Gasteiger partial charge in [-0.15, -0.1) is 0 Å². The minimum atomic E-state index is -0.171. The Labute approximate surface area is 89.7 Å². The molecule has 0 radical (unpaired) electrons. The average Bonchev–Trinajstić information content (AvgIpc) is 2.06. The standard InChI is InChI=1S/C10H21NO.C2H6/c1-7-9(8(2)3)11-12-10(4,5)6;1-2/h8H,7H2,1-6H3;1-2H3/b11-9+;. The van der Waals surface area contributed by atoms with Crippen LogP contribution in [0.5, 0.6) is 0 Å². The van der Waals surface area contributed by atoms with E-state index in [0.717, 1.165) is 12.1 Å². The van der Waals surface area contributed by atoms with Crippen molar-refractivity contribution < 1.29 is 4.84 Å². The quantitative estimate of drug-likeness (QED) is 0.494. The van der Waals surface area contributed by atoms with Crippen LogP contribution in [-0.4, -0.2) is 11.3 Å². The lowest BCUT2D eigenvalue weighted by atomic mass is 10.1. The number of oxime groups is 1. The summed E-state index contributed by atoms with van der Waals surface area (Å²) in [6.07, 6.45) is 0.966. The summed E-state index contributed by atoms with van der Waals surface area (Å²) < 4.78 is 0. The maximum absolute atomic E-state index is 5.33. The van der Waals surface area contributed by atoms with Gasteiger partial charge >= 0.3 is 0 Å². The molecule has 14 heavy (non-hydrogen) atoms. The van der Waals surface area contributed by atoms with Gasteiger partial charge in [-0.1, -0.05) is 39.8 Å². The second kappa shape index (κ2) is 7.84. The summed E-state index contributed by atoms with van der Waals surface area (Å²) in [5, 5.41) is 4.13. The monoisotopic (exact) mass is 201 g/mol. The molecule has 0 saturated carbocycles. The molecule has 2 heteroatoms. The first-order chi connectivity index (χ1) is 6.37. The van der Waals surface area contributed by atoms with Crippen molar-refractivity contribution in [3.63, 3.8) is 0 Å². The first kappa shape index (κ1) is 15.9. The van der Waals surface area contributed by atoms with Crippen molar-refractivity contribution in [3.05, 3.63) is 0 Å². The molecule has 0 aliphatic carbocycles. The van der Waals surface area contributed by atoms with Crippen LogP contribution in [0.2, 0.25) is 0 Å². The fraction of sp³-hybridized carbons (Fsp3) is 0.917. The highest BCUT2D eigenvalue weighted by Gasteiger charge is 2.11. The van der Waals surface area contributed by atoms with Crippen LogP contribution in [-0.2, 0) is 4.84 Å². The van der Waals surface area contributed by atoms with Crippen LogP contribution in [0, 0.1) is 5.92 Å². The summed E-state index contributed by atoms with van der Waals surface area (Å²) in [6.45, 7) is 16.4. The molecule has 0 fully saturated rings. The normalized spacial score (nSPS) is 12.2. The zero-order chi connectivity index (χ0) is 11.8. The molecular weight excluding hydrogens is 174 g/mol. The highest BCUT2D eigenvalue weighted by molar-refractivity contribution is 5.85. The molecule has 0 aliphatic heterocycles. The van der Waals surface area contributed by atoms with Gasteiger partial charge in [-0.2, -0.15) is 0 Å². The molecule has 0 aromatic rings. The molecule has 0 rings (SSSR count). The van der Waals surface area contributed by atoms with Crippen LogP contribution < -0.4 is 0 Å². The van der Waals surface area contributed by atoms with Gasteiger partial charge < -0.3 is 4.84 Å². The van der Waals surface area contributed by atoms with E-state index >= 15 is 0 Å². The Bertz CT molecular complexity index is 154. The van der Waals surface area contributed by atoms with Crippen molar-refractivity contribution in [2.75, 3.05) is 0 Å². The van der Waals surface area contributed by atoms with Crippen LogP contribution >= 0.6 is 0 Å². The Balaban J connectivity index is 0. The van der Waals surface area contributed by atoms with Crippen LogP contribution in [0.15, 0.2) is 5.16 Å².